The van der Waals surface area contributed by atoms with Crippen LogP contribution in [0.1, 0.15) is 17.2 Å². The van der Waals surface area contributed by atoms with E-state index in [4.69, 9.17) is 0 Å². The number of carbonyl (C=O) groups is 2. The van der Waals surface area contributed by atoms with Crippen molar-refractivity contribution in [3.63, 3.8) is 0 Å². The maximum absolute atomic E-state index is 12.5. The predicted octanol–water partition coefficient (Wildman–Crippen LogP) is 0.101. The zero-order valence-electron chi connectivity index (χ0n) is 14.2. The lowest BCUT2D eigenvalue weighted by Crippen LogP contribution is -3.16. The van der Waals surface area contributed by atoms with Crippen molar-refractivity contribution in [2.24, 2.45) is 0 Å². The van der Waals surface area contributed by atoms with Gasteiger partial charge in [0.15, 0.2) is 13.1 Å². The minimum atomic E-state index is -0.0749. The van der Waals surface area contributed by atoms with Gasteiger partial charge in [-0.05, 0) is 17.5 Å². The van der Waals surface area contributed by atoms with Gasteiger partial charge in [0, 0.05) is 0 Å². The summed E-state index contributed by atoms with van der Waals surface area (Å²) >= 11 is 0. The van der Waals surface area contributed by atoms with Crippen LogP contribution in [0.3, 0.4) is 0 Å². The summed E-state index contributed by atoms with van der Waals surface area (Å²) in [6, 6.07) is 20.1. The number of rotatable bonds is 6. The minimum absolute atomic E-state index is 0.0120. The zero-order chi connectivity index (χ0) is 17.5. The molecule has 1 saturated heterocycles. The average molecular weight is 338 g/mol. The lowest BCUT2D eigenvalue weighted by Gasteiger charge is -2.25. The smallest absolute Gasteiger partial charge is 0.275 e. The molecule has 25 heavy (non-hydrogen) atoms. The Labute approximate surface area is 148 Å². The van der Waals surface area contributed by atoms with Gasteiger partial charge >= 0.3 is 0 Å². The summed E-state index contributed by atoms with van der Waals surface area (Å²) < 4.78 is 0. The lowest BCUT2D eigenvalue weighted by molar-refractivity contribution is -0.885. The van der Waals surface area contributed by atoms with Crippen LogP contribution in [0.5, 0.6) is 0 Å². The van der Waals surface area contributed by atoms with Crippen LogP contribution in [0.4, 0.5) is 0 Å². The van der Waals surface area contributed by atoms with Gasteiger partial charge in [-0.15, -0.1) is 0 Å². The molecule has 0 saturated carbocycles. The van der Waals surface area contributed by atoms with Gasteiger partial charge < -0.3 is 15.5 Å². The maximum atomic E-state index is 12.5. The van der Waals surface area contributed by atoms with Crippen molar-refractivity contribution in [3.05, 3.63) is 71.8 Å². The Morgan fingerprint density at radius 2 is 1.76 bits per heavy atom. The number of piperazine rings is 1. The van der Waals surface area contributed by atoms with Crippen LogP contribution in [0.15, 0.2) is 60.7 Å². The molecule has 0 bridgehead atoms. The summed E-state index contributed by atoms with van der Waals surface area (Å²) in [6.45, 7) is 2.11. The molecule has 0 spiro atoms. The Morgan fingerprint density at radius 3 is 2.44 bits per heavy atom. The van der Waals surface area contributed by atoms with Crippen LogP contribution in [0.2, 0.25) is 0 Å². The summed E-state index contributed by atoms with van der Waals surface area (Å²) in [5, 5.41) is 5.95. The van der Waals surface area contributed by atoms with E-state index in [-0.39, 0.29) is 17.9 Å². The lowest BCUT2D eigenvalue weighted by atomic mass is 9.99. The fourth-order valence-electron chi connectivity index (χ4n) is 3.17. The Bertz CT molecular complexity index is 703. The first-order chi connectivity index (χ1) is 12.2. The second-order valence-electron chi connectivity index (χ2n) is 6.42. The van der Waals surface area contributed by atoms with Crippen LogP contribution < -0.4 is 15.5 Å². The number of hydrogen-bond acceptors (Lipinski definition) is 2. The van der Waals surface area contributed by atoms with Gasteiger partial charge in [0.2, 0.25) is 0 Å². The maximum Gasteiger partial charge on any atom is 0.275 e. The van der Waals surface area contributed by atoms with Crippen LogP contribution in [0.25, 0.3) is 0 Å². The van der Waals surface area contributed by atoms with E-state index in [1.807, 2.05) is 48.5 Å². The van der Waals surface area contributed by atoms with Gasteiger partial charge in [0.05, 0.1) is 19.1 Å². The minimum Gasteiger partial charge on any atom is -0.346 e. The van der Waals surface area contributed by atoms with Gasteiger partial charge in [-0.2, -0.15) is 0 Å². The van der Waals surface area contributed by atoms with E-state index in [0.717, 1.165) is 23.4 Å². The molecule has 5 nitrogen and oxygen atoms in total. The highest BCUT2D eigenvalue weighted by atomic mass is 16.2. The van der Waals surface area contributed by atoms with Gasteiger partial charge in [-0.3, -0.25) is 9.59 Å². The normalized spacial score (nSPS) is 18.2. The molecule has 3 N–H and O–H groups in total. The molecule has 130 valence electrons. The molecule has 3 rings (SSSR count). The van der Waals surface area contributed by atoms with E-state index in [2.05, 4.69) is 22.8 Å². The molecule has 1 unspecified atom stereocenters. The largest absolute Gasteiger partial charge is 0.346 e. The number of quaternary nitrogens is 1. The fraction of sp³-hybridized carbons (Fsp3) is 0.300. The molecule has 2 aromatic carbocycles. The summed E-state index contributed by atoms with van der Waals surface area (Å²) in [6.07, 6.45) is 0.742. The molecule has 1 fully saturated rings. The van der Waals surface area contributed by atoms with E-state index < -0.39 is 0 Å². The molecule has 0 aliphatic carbocycles. The average Bonchev–Trinajstić information content (AvgIpc) is 2.63. The topological polar surface area (TPSA) is 62.6 Å². The third-order valence-corrected chi connectivity index (χ3v) is 4.44. The van der Waals surface area contributed by atoms with Gasteiger partial charge in [0.1, 0.15) is 0 Å². The highest BCUT2D eigenvalue weighted by Gasteiger charge is 2.24. The summed E-state index contributed by atoms with van der Waals surface area (Å²) in [5.41, 5.74) is 2.27. The van der Waals surface area contributed by atoms with Crippen LogP contribution in [0, 0.1) is 0 Å². The molecule has 1 aliphatic heterocycles. The number of amides is 2. The highest BCUT2D eigenvalue weighted by molar-refractivity contribution is 5.79. The Kier molecular flexibility index (Phi) is 5.80. The molecular formula is C20H24N3O2+. The quantitative estimate of drug-likeness (QED) is 0.700. The molecule has 5 heteroatoms. The summed E-state index contributed by atoms with van der Waals surface area (Å²) in [7, 11) is 0. The molecule has 0 radical (unpaired) electrons. The second kappa shape index (κ2) is 8.44. The molecule has 2 amide bonds. The van der Waals surface area contributed by atoms with E-state index in [0.29, 0.717) is 19.6 Å². The van der Waals surface area contributed by atoms with Gasteiger partial charge in [-0.25, -0.2) is 0 Å². The number of benzene rings is 2. The van der Waals surface area contributed by atoms with Gasteiger partial charge in [-0.1, -0.05) is 60.7 Å². The third-order valence-electron chi connectivity index (χ3n) is 4.44. The molecule has 2 atom stereocenters. The molecule has 0 aromatic heterocycles. The van der Waals surface area contributed by atoms with Crippen LogP contribution in [-0.2, 0) is 16.0 Å². The van der Waals surface area contributed by atoms with Crippen molar-refractivity contribution in [1.82, 2.24) is 10.6 Å². The van der Waals surface area contributed by atoms with Crippen molar-refractivity contribution >= 4 is 11.8 Å². The van der Waals surface area contributed by atoms with E-state index in [1.165, 1.54) is 5.56 Å². The van der Waals surface area contributed by atoms with E-state index in [1.54, 1.807) is 0 Å². The zero-order valence-corrected chi connectivity index (χ0v) is 14.2. The van der Waals surface area contributed by atoms with E-state index >= 15 is 0 Å². The predicted molar refractivity (Wildman–Crippen MR) is 96.0 cm³/mol. The molecule has 1 aliphatic rings. The van der Waals surface area contributed by atoms with Crippen LogP contribution in [-0.4, -0.2) is 38.0 Å². The monoisotopic (exact) mass is 338 g/mol. The summed E-state index contributed by atoms with van der Waals surface area (Å²) in [4.78, 5) is 25.0. The van der Waals surface area contributed by atoms with Crippen molar-refractivity contribution < 1.29 is 14.5 Å². The van der Waals surface area contributed by atoms with Crippen molar-refractivity contribution in [2.45, 2.75) is 12.5 Å². The van der Waals surface area contributed by atoms with E-state index in [9.17, 15) is 9.59 Å². The SMILES string of the molecule is O=C1C[NH+](CC(=O)N[C@@H](Cc2ccccc2)c2ccccc2)CCN1. The fourth-order valence-corrected chi connectivity index (χ4v) is 3.17. The van der Waals surface area contributed by atoms with Gasteiger partial charge in [0.25, 0.3) is 11.8 Å². The molecule has 2 aromatic rings. The Balaban J connectivity index is 1.66. The first-order valence-electron chi connectivity index (χ1n) is 8.69. The standard InChI is InChI=1S/C20H23N3O2/c24-19-14-23(12-11-21-19)15-20(25)22-18(17-9-5-2-6-10-17)13-16-7-3-1-4-8-16/h1-10,18H,11-15H2,(H,21,24)(H,22,25)/p+1/t18-/m0/s1. The number of nitrogens with one attached hydrogen (secondary N) is 3. The van der Waals surface area contributed by atoms with Crippen LogP contribution >= 0.6 is 0 Å². The second-order valence-corrected chi connectivity index (χ2v) is 6.42. The van der Waals surface area contributed by atoms with Crippen molar-refractivity contribution in [1.29, 1.82) is 0 Å². The number of carbonyl (C=O) groups excluding carboxylic acids is 2. The van der Waals surface area contributed by atoms with Crippen molar-refractivity contribution in [2.75, 3.05) is 26.2 Å². The summed E-state index contributed by atoms with van der Waals surface area (Å²) in [5.74, 6) is -0.00701. The highest BCUT2D eigenvalue weighted by Crippen LogP contribution is 2.18. The number of hydrogen-bond donors (Lipinski definition) is 3. The first-order valence-corrected chi connectivity index (χ1v) is 8.69. The molecular weight excluding hydrogens is 314 g/mol. The van der Waals surface area contributed by atoms with Crippen molar-refractivity contribution in [3.8, 4) is 0 Å². The molecule has 1 heterocycles. The first kappa shape index (κ1) is 17.2. The Morgan fingerprint density at radius 1 is 1.08 bits per heavy atom. The Hall–Kier alpha value is -2.66. The third kappa shape index (κ3) is 5.16.